The third kappa shape index (κ3) is 4.92. The number of unbranched alkanes of at least 4 members (excludes halogenated alkanes) is 2. The number of alkyl halides is 1. The van der Waals surface area contributed by atoms with E-state index in [2.05, 4.69) is 22.5 Å². The monoisotopic (exact) mass is 594 g/mol. The van der Waals surface area contributed by atoms with Gasteiger partial charge in [-0.25, -0.2) is 0 Å². The van der Waals surface area contributed by atoms with Gasteiger partial charge < -0.3 is 24.4 Å². The number of amides is 2. The Hall–Kier alpha value is -2.04. The number of fused-ring (bicyclic) bond motifs is 1. The van der Waals surface area contributed by atoms with Crippen molar-refractivity contribution < 1.29 is 29.0 Å². The van der Waals surface area contributed by atoms with Crippen molar-refractivity contribution in [2.24, 2.45) is 11.8 Å². The molecule has 3 fully saturated rings. The molecule has 2 bridgehead atoms. The maximum atomic E-state index is 14.4. The summed E-state index contributed by atoms with van der Waals surface area (Å²) in [5.41, 5.74) is 0.688. The number of likely N-dealkylation sites (tertiary alicyclic amines) is 1. The number of thioether (sulfide) groups is 1. The highest BCUT2D eigenvalue weighted by atomic mass is 79.9. The second-order valence-corrected chi connectivity index (χ2v) is 12.4. The molecule has 10 heteroatoms. The summed E-state index contributed by atoms with van der Waals surface area (Å²) in [6.45, 7) is 6.62. The lowest BCUT2D eigenvalue weighted by Crippen LogP contribution is -2.55. The number of rotatable bonds is 12. The summed E-state index contributed by atoms with van der Waals surface area (Å²) in [5, 5.41) is 9.09. The molecule has 8 nitrogen and oxygen atoms in total. The first-order valence-electron chi connectivity index (χ1n) is 12.8. The molecule has 37 heavy (non-hydrogen) atoms. The molecule has 3 aliphatic heterocycles. The molecule has 1 spiro atoms. The number of hydrogen-bond donors (Lipinski definition) is 1. The number of methoxy groups -OCH3 is 1. The zero-order valence-corrected chi connectivity index (χ0v) is 23.7. The number of halogens is 1. The third-order valence-corrected chi connectivity index (χ3v) is 10.8. The standard InChI is InChI=1S/C27H35BrN2O6S/c1-4-13-29(17-9-11-18(35-3)12-10-17)25(33)23-27-16-19(28)22(37-27)20(26(34)36-5-2)21(27)24(32)30(23)14-7-6-8-15-31/h4,9-12,19-23,31H,1,5-8,13-16H2,2-3H3/t19?,20-,21-,22-,23?,27?/m0/s1. The van der Waals surface area contributed by atoms with Gasteiger partial charge in [-0.1, -0.05) is 22.0 Å². The van der Waals surface area contributed by atoms with Crippen LogP contribution < -0.4 is 9.64 Å². The van der Waals surface area contributed by atoms with Gasteiger partial charge in [-0.2, -0.15) is 0 Å². The Bertz CT molecular complexity index is 1020. The minimum Gasteiger partial charge on any atom is -0.497 e. The van der Waals surface area contributed by atoms with Crippen LogP contribution in [0.2, 0.25) is 0 Å². The van der Waals surface area contributed by atoms with E-state index in [1.165, 1.54) is 0 Å². The van der Waals surface area contributed by atoms with Crippen molar-refractivity contribution in [3.63, 3.8) is 0 Å². The molecule has 1 N–H and O–H groups in total. The van der Waals surface area contributed by atoms with Crippen LogP contribution in [0.15, 0.2) is 36.9 Å². The maximum absolute atomic E-state index is 14.4. The number of aliphatic hydroxyl groups is 1. The van der Waals surface area contributed by atoms with Gasteiger partial charge >= 0.3 is 5.97 Å². The van der Waals surface area contributed by atoms with Crippen LogP contribution in [0.5, 0.6) is 5.75 Å². The normalized spacial score (nSPS) is 29.8. The highest BCUT2D eigenvalue weighted by Gasteiger charge is 2.76. The second kappa shape index (κ2) is 11.8. The highest BCUT2D eigenvalue weighted by molar-refractivity contribution is 9.09. The Labute approximate surface area is 230 Å². The highest BCUT2D eigenvalue weighted by Crippen LogP contribution is 2.68. The average molecular weight is 596 g/mol. The van der Waals surface area contributed by atoms with Crippen LogP contribution in [-0.2, 0) is 19.1 Å². The molecule has 0 aliphatic carbocycles. The minimum absolute atomic E-state index is 0.00515. The molecule has 202 valence electrons. The van der Waals surface area contributed by atoms with Gasteiger partial charge in [0.1, 0.15) is 11.8 Å². The number of hydrogen-bond acceptors (Lipinski definition) is 7. The van der Waals surface area contributed by atoms with Crippen molar-refractivity contribution in [3.8, 4) is 5.75 Å². The number of benzene rings is 1. The van der Waals surface area contributed by atoms with Crippen LogP contribution in [-0.4, -0.2) is 82.1 Å². The van der Waals surface area contributed by atoms with Crippen LogP contribution in [0.3, 0.4) is 0 Å². The van der Waals surface area contributed by atoms with Crippen LogP contribution in [0.25, 0.3) is 0 Å². The fourth-order valence-corrected chi connectivity index (χ4v) is 9.68. The van der Waals surface area contributed by atoms with Gasteiger partial charge in [0.2, 0.25) is 5.91 Å². The number of nitrogens with zero attached hydrogens (tertiary/aromatic N) is 2. The Morgan fingerprint density at radius 1 is 1.30 bits per heavy atom. The largest absolute Gasteiger partial charge is 0.497 e. The van der Waals surface area contributed by atoms with Gasteiger partial charge in [-0.3, -0.25) is 14.4 Å². The van der Waals surface area contributed by atoms with Crippen LogP contribution in [0.4, 0.5) is 5.69 Å². The van der Waals surface area contributed by atoms with E-state index in [0.717, 1.165) is 6.42 Å². The van der Waals surface area contributed by atoms with E-state index in [0.29, 0.717) is 37.2 Å². The number of carbonyl (C=O) groups excluding carboxylic acids is 3. The molecule has 3 heterocycles. The first kappa shape index (κ1) is 28.0. The zero-order chi connectivity index (χ0) is 26.7. The molecule has 3 saturated heterocycles. The summed E-state index contributed by atoms with van der Waals surface area (Å²) in [5.74, 6) is -1.22. The van der Waals surface area contributed by atoms with E-state index in [4.69, 9.17) is 9.47 Å². The lowest BCUT2D eigenvalue weighted by atomic mass is 9.71. The number of esters is 1. The van der Waals surface area contributed by atoms with E-state index in [1.807, 2.05) is 12.1 Å². The van der Waals surface area contributed by atoms with Gasteiger partial charge in [0.15, 0.2) is 0 Å². The van der Waals surface area contributed by atoms with Crippen molar-refractivity contribution in [2.75, 3.05) is 38.3 Å². The topological polar surface area (TPSA) is 96.4 Å². The molecule has 6 atom stereocenters. The Morgan fingerprint density at radius 3 is 2.65 bits per heavy atom. The third-order valence-electron chi connectivity index (χ3n) is 7.60. The second-order valence-electron chi connectivity index (χ2n) is 9.67. The van der Waals surface area contributed by atoms with E-state index in [1.54, 1.807) is 53.8 Å². The first-order chi connectivity index (χ1) is 17.8. The average Bonchev–Trinajstić information content (AvgIpc) is 3.48. The number of anilines is 1. The van der Waals surface area contributed by atoms with Crippen LogP contribution >= 0.6 is 27.7 Å². The number of ether oxygens (including phenoxy) is 2. The first-order valence-corrected chi connectivity index (χ1v) is 14.6. The Balaban J connectivity index is 1.74. The molecule has 1 aromatic rings. The van der Waals surface area contributed by atoms with E-state index in [9.17, 15) is 19.5 Å². The molecule has 0 aromatic heterocycles. The predicted molar refractivity (Wildman–Crippen MR) is 147 cm³/mol. The molecule has 0 saturated carbocycles. The van der Waals surface area contributed by atoms with Crippen molar-refractivity contribution in [1.29, 1.82) is 0 Å². The smallest absolute Gasteiger partial charge is 0.310 e. The van der Waals surface area contributed by atoms with Crippen molar-refractivity contribution in [3.05, 3.63) is 36.9 Å². The minimum atomic E-state index is -0.729. The molecular weight excluding hydrogens is 560 g/mol. The SMILES string of the molecule is C=CCN(C(=O)C1N(CCCCCO)C(=O)[C@@H]2[C@H](C(=O)OCC)[C@H]3SC12CC3Br)c1ccc(OC)cc1. The van der Waals surface area contributed by atoms with Gasteiger partial charge in [0.05, 0.1) is 30.3 Å². The van der Waals surface area contributed by atoms with Gasteiger partial charge in [-0.05, 0) is 56.9 Å². The summed E-state index contributed by atoms with van der Waals surface area (Å²) in [6, 6.07) is 6.52. The summed E-state index contributed by atoms with van der Waals surface area (Å²) < 4.78 is 9.96. The van der Waals surface area contributed by atoms with E-state index < -0.39 is 22.6 Å². The molecule has 1 aromatic carbocycles. The summed E-state index contributed by atoms with van der Waals surface area (Å²) >= 11 is 5.36. The molecule has 3 aliphatic rings. The molecule has 4 rings (SSSR count). The Kier molecular flexibility index (Phi) is 8.91. The van der Waals surface area contributed by atoms with Gasteiger partial charge in [-0.15, -0.1) is 18.3 Å². The lowest BCUT2D eigenvalue weighted by molar-refractivity contribution is -0.153. The fraction of sp³-hybridized carbons (Fsp3) is 0.593. The molecule has 2 amide bonds. The van der Waals surface area contributed by atoms with Gasteiger partial charge in [0.25, 0.3) is 5.91 Å². The van der Waals surface area contributed by atoms with Crippen LogP contribution in [0.1, 0.15) is 32.6 Å². The van der Waals surface area contributed by atoms with Gasteiger partial charge in [0, 0.05) is 35.5 Å². The quantitative estimate of drug-likeness (QED) is 0.171. The summed E-state index contributed by atoms with van der Waals surface area (Å²) in [4.78, 5) is 44.9. The van der Waals surface area contributed by atoms with Crippen LogP contribution in [0, 0.1) is 11.8 Å². The van der Waals surface area contributed by atoms with Crippen molar-refractivity contribution in [1.82, 2.24) is 4.90 Å². The summed E-state index contributed by atoms with van der Waals surface area (Å²) in [6.07, 6.45) is 4.33. The molecular formula is C27H35BrN2O6S. The molecule has 0 radical (unpaired) electrons. The number of aliphatic hydroxyl groups excluding tert-OH is 1. The lowest BCUT2D eigenvalue weighted by Gasteiger charge is -2.37. The van der Waals surface area contributed by atoms with E-state index >= 15 is 0 Å². The maximum Gasteiger partial charge on any atom is 0.310 e. The number of carbonyl (C=O) groups is 3. The fourth-order valence-electron chi connectivity index (χ4n) is 6.09. The molecule has 3 unspecified atom stereocenters. The van der Waals surface area contributed by atoms with Crippen molar-refractivity contribution >= 4 is 51.2 Å². The van der Waals surface area contributed by atoms with E-state index in [-0.39, 0.29) is 47.6 Å². The zero-order valence-electron chi connectivity index (χ0n) is 21.3. The predicted octanol–water partition coefficient (Wildman–Crippen LogP) is 3.40. The summed E-state index contributed by atoms with van der Waals surface area (Å²) in [7, 11) is 1.59. The Morgan fingerprint density at radius 2 is 2.03 bits per heavy atom. The van der Waals surface area contributed by atoms with Crippen molar-refractivity contribution in [2.45, 2.75) is 53.5 Å².